The quantitative estimate of drug-likeness (QED) is 0.793. The summed E-state index contributed by atoms with van der Waals surface area (Å²) in [6, 6.07) is 0. The van der Waals surface area contributed by atoms with Gasteiger partial charge in [-0.3, -0.25) is 0 Å². The molecule has 2 nitrogen and oxygen atoms in total. The summed E-state index contributed by atoms with van der Waals surface area (Å²) in [5.41, 5.74) is 6.47. The van der Waals surface area contributed by atoms with Crippen molar-refractivity contribution in [1.29, 1.82) is 0 Å². The van der Waals surface area contributed by atoms with Gasteiger partial charge in [0.25, 0.3) is 0 Å². The van der Waals surface area contributed by atoms with Gasteiger partial charge in [-0.2, -0.15) is 0 Å². The summed E-state index contributed by atoms with van der Waals surface area (Å²) in [4.78, 5) is 2.66. The molecule has 96 valence electrons. The van der Waals surface area contributed by atoms with Crippen molar-refractivity contribution in [3.63, 3.8) is 0 Å². The second kappa shape index (κ2) is 3.71. The van der Waals surface area contributed by atoms with E-state index in [-0.39, 0.29) is 0 Å². The number of hydrogen-bond acceptors (Lipinski definition) is 2. The Bertz CT molecular complexity index is 284. The van der Waals surface area contributed by atoms with Crippen molar-refractivity contribution in [3.05, 3.63) is 0 Å². The second-order valence-corrected chi connectivity index (χ2v) is 7.35. The summed E-state index contributed by atoms with van der Waals surface area (Å²) >= 11 is 0. The van der Waals surface area contributed by atoms with Crippen LogP contribution in [0.2, 0.25) is 0 Å². The molecule has 0 unspecified atom stereocenters. The van der Waals surface area contributed by atoms with Gasteiger partial charge in [-0.1, -0.05) is 0 Å². The van der Waals surface area contributed by atoms with Gasteiger partial charge in [0.05, 0.1) is 0 Å². The van der Waals surface area contributed by atoms with Crippen LogP contribution in [0.3, 0.4) is 0 Å². The van der Waals surface area contributed by atoms with Gasteiger partial charge < -0.3 is 10.6 Å². The van der Waals surface area contributed by atoms with Crippen LogP contribution >= 0.6 is 0 Å². The number of hydrogen-bond donors (Lipinski definition) is 1. The zero-order valence-corrected chi connectivity index (χ0v) is 10.9. The van der Waals surface area contributed by atoms with E-state index >= 15 is 0 Å². The van der Waals surface area contributed by atoms with Crippen molar-refractivity contribution in [2.45, 2.75) is 38.5 Å². The van der Waals surface area contributed by atoms with Gasteiger partial charge in [0.15, 0.2) is 0 Å². The van der Waals surface area contributed by atoms with E-state index in [2.05, 4.69) is 4.90 Å². The number of rotatable bonds is 2. The van der Waals surface area contributed by atoms with Crippen LogP contribution < -0.4 is 5.73 Å². The molecule has 17 heavy (non-hydrogen) atoms. The molecule has 4 aliphatic carbocycles. The van der Waals surface area contributed by atoms with E-state index in [4.69, 9.17) is 5.73 Å². The molecule has 0 amide bonds. The van der Waals surface area contributed by atoms with Crippen LogP contribution in [0.25, 0.3) is 0 Å². The maximum Gasteiger partial charge on any atom is 0.0105 e. The van der Waals surface area contributed by atoms with Crippen molar-refractivity contribution in [2.24, 2.45) is 34.8 Å². The first-order valence-corrected chi connectivity index (χ1v) is 7.72. The molecule has 1 saturated heterocycles. The summed E-state index contributed by atoms with van der Waals surface area (Å²) in [7, 11) is 0. The van der Waals surface area contributed by atoms with E-state index in [9.17, 15) is 0 Å². The summed E-state index contributed by atoms with van der Waals surface area (Å²) in [5.74, 6) is 4.40. The molecule has 2 N–H and O–H groups in total. The lowest BCUT2D eigenvalue weighted by molar-refractivity contribution is -0.102. The van der Waals surface area contributed by atoms with Gasteiger partial charge >= 0.3 is 0 Å². The average Bonchev–Trinajstić information content (AvgIpc) is 2.71. The molecule has 0 aromatic rings. The minimum atomic E-state index is 0.739. The minimum absolute atomic E-state index is 0.739. The van der Waals surface area contributed by atoms with Crippen LogP contribution in [0.1, 0.15) is 38.5 Å². The second-order valence-electron chi connectivity index (χ2n) is 7.35. The first kappa shape index (κ1) is 10.8. The van der Waals surface area contributed by atoms with E-state index in [1.54, 1.807) is 32.1 Å². The average molecular weight is 234 g/mol. The maximum absolute atomic E-state index is 5.73. The molecule has 4 saturated carbocycles. The monoisotopic (exact) mass is 234 g/mol. The van der Waals surface area contributed by atoms with E-state index < -0.39 is 0 Å². The Morgan fingerprint density at radius 3 is 2.24 bits per heavy atom. The van der Waals surface area contributed by atoms with Gasteiger partial charge in [0.1, 0.15) is 0 Å². The molecule has 0 radical (unpaired) electrons. The van der Waals surface area contributed by atoms with Crippen LogP contribution in [0.15, 0.2) is 0 Å². The Kier molecular flexibility index (Phi) is 2.36. The molecular formula is C15H26N2. The third-order valence-electron chi connectivity index (χ3n) is 6.62. The van der Waals surface area contributed by atoms with Crippen molar-refractivity contribution in [3.8, 4) is 0 Å². The van der Waals surface area contributed by atoms with Crippen LogP contribution in [0.5, 0.6) is 0 Å². The van der Waals surface area contributed by atoms with Crippen molar-refractivity contribution in [2.75, 3.05) is 26.2 Å². The third-order valence-corrected chi connectivity index (χ3v) is 6.62. The summed E-state index contributed by atoms with van der Waals surface area (Å²) in [6.45, 7) is 4.70. The van der Waals surface area contributed by atoms with Crippen LogP contribution in [-0.4, -0.2) is 31.1 Å². The number of nitrogens with two attached hydrogens (primary N) is 1. The van der Waals surface area contributed by atoms with Crippen LogP contribution in [0.4, 0.5) is 0 Å². The van der Waals surface area contributed by atoms with Crippen LogP contribution in [0, 0.1) is 29.1 Å². The molecule has 5 fully saturated rings. The Morgan fingerprint density at radius 1 is 1.00 bits per heavy atom. The SMILES string of the molecule is NCCN1CCC2(C1)C1CC3CC(C1)CC2C3. The highest BCUT2D eigenvalue weighted by atomic mass is 15.2. The molecule has 1 spiro atoms. The molecule has 5 aliphatic rings. The predicted octanol–water partition coefficient (Wildman–Crippen LogP) is 2.09. The Balaban J connectivity index is 1.58. The number of nitrogens with zero attached hydrogens (tertiary/aromatic N) is 1. The fourth-order valence-electron chi connectivity index (χ4n) is 6.10. The highest BCUT2D eigenvalue weighted by Crippen LogP contribution is 2.64. The largest absolute Gasteiger partial charge is 0.329 e. The van der Waals surface area contributed by atoms with E-state index in [1.165, 1.54) is 19.5 Å². The minimum Gasteiger partial charge on any atom is -0.329 e. The maximum atomic E-state index is 5.73. The lowest BCUT2D eigenvalue weighted by Crippen LogP contribution is -2.54. The molecule has 2 heteroatoms. The molecule has 0 aromatic carbocycles. The fraction of sp³-hybridized carbons (Fsp3) is 1.00. The topological polar surface area (TPSA) is 29.3 Å². The third kappa shape index (κ3) is 1.46. The van der Waals surface area contributed by atoms with Crippen LogP contribution in [-0.2, 0) is 0 Å². The molecule has 1 heterocycles. The fourth-order valence-corrected chi connectivity index (χ4v) is 6.10. The molecule has 5 rings (SSSR count). The van der Waals surface area contributed by atoms with Crippen molar-refractivity contribution < 1.29 is 0 Å². The normalized spacial score (nSPS) is 52.8. The molecule has 0 aromatic heterocycles. The smallest absolute Gasteiger partial charge is 0.0105 e. The Morgan fingerprint density at radius 2 is 1.65 bits per heavy atom. The lowest BCUT2D eigenvalue weighted by atomic mass is 9.45. The van der Waals surface area contributed by atoms with Crippen molar-refractivity contribution in [1.82, 2.24) is 4.90 Å². The predicted molar refractivity (Wildman–Crippen MR) is 69.6 cm³/mol. The molecular weight excluding hydrogens is 208 g/mol. The van der Waals surface area contributed by atoms with Gasteiger partial charge in [-0.25, -0.2) is 0 Å². The highest BCUT2D eigenvalue weighted by molar-refractivity contribution is 5.09. The summed E-state index contributed by atoms with van der Waals surface area (Å²) in [5, 5.41) is 0. The molecule has 1 aliphatic heterocycles. The highest BCUT2D eigenvalue weighted by Gasteiger charge is 2.58. The molecule has 0 atom stereocenters. The first-order valence-electron chi connectivity index (χ1n) is 7.72. The van der Waals surface area contributed by atoms with E-state index in [0.29, 0.717) is 0 Å². The van der Waals surface area contributed by atoms with Gasteiger partial charge in [0, 0.05) is 19.6 Å². The first-order chi connectivity index (χ1) is 8.30. The van der Waals surface area contributed by atoms with Gasteiger partial charge in [-0.15, -0.1) is 0 Å². The van der Waals surface area contributed by atoms with Gasteiger partial charge in [0.2, 0.25) is 0 Å². The zero-order chi connectivity index (χ0) is 11.5. The Hall–Kier alpha value is -0.0800. The van der Waals surface area contributed by atoms with Gasteiger partial charge in [-0.05, 0) is 74.2 Å². The van der Waals surface area contributed by atoms with E-state index in [0.717, 1.165) is 42.2 Å². The van der Waals surface area contributed by atoms with Crippen molar-refractivity contribution >= 4 is 0 Å². The van der Waals surface area contributed by atoms with E-state index in [1.807, 2.05) is 0 Å². The Labute approximate surface area is 105 Å². The number of likely N-dealkylation sites (tertiary alicyclic amines) is 1. The summed E-state index contributed by atoms with van der Waals surface area (Å²) < 4.78 is 0. The molecule has 4 bridgehead atoms. The lowest BCUT2D eigenvalue weighted by Gasteiger charge is -2.60. The standard InChI is InChI=1S/C15H26N2/c16-2-4-17-3-1-15(10-17)13-6-11-5-12(8-13)9-14(15)7-11/h11-14H,1-10,16H2. The zero-order valence-electron chi connectivity index (χ0n) is 10.9. The summed E-state index contributed by atoms with van der Waals surface area (Å²) in [6.07, 6.45) is 9.36.